The number of carbonyl (C=O) groups is 2. The lowest BCUT2D eigenvalue weighted by Gasteiger charge is -2.33. The predicted molar refractivity (Wildman–Crippen MR) is 121 cm³/mol. The van der Waals surface area contributed by atoms with E-state index in [1.807, 2.05) is 49.4 Å². The number of aryl methyl sites for hydroxylation is 3. The van der Waals surface area contributed by atoms with Gasteiger partial charge in [-0.1, -0.05) is 44.2 Å². The van der Waals surface area contributed by atoms with Gasteiger partial charge in [0, 0.05) is 13.1 Å². The minimum absolute atomic E-state index is 0.202. The van der Waals surface area contributed by atoms with Crippen molar-refractivity contribution in [1.82, 2.24) is 4.90 Å². The Labute approximate surface area is 179 Å². The van der Waals surface area contributed by atoms with Gasteiger partial charge in [-0.3, -0.25) is 9.59 Å². The summed E-state index contributed by atoms with van der Waals surface area (Å²) >= 11 is 0. The molecule has 2 aliphatic rings. The van der Waals surface area contributed by atoms with E-state index in [1.165, 1.54) is 16.0 Å². The maximum atomic E-state index is 13.6. The van der Waals surface area contributed by atoms with Crippen molar-refractivity contribution in [1.29, 1.82) is 0 Å². The summed E-state index contributed by atoms with van der Waals surface area (Å²) in [4.78, 5) is 30.7. The molecule has 1 atom stereocenters. The van der Waals surface area contributed by atoms with Crippen molar-refractivity contribution in [2.45, 2.75) is 47.0 Å². The molecule has 1 unspecified atom stereocenters. The van der Waals surface area contributed by atoms with E-state index in [-0.39, 0.29) is 11.8 Å². The highest BCUT2D eigenvalue weighted by Gasteiger charge is 2.43. The van der Waals surface area contributed by atoms with Gasteiger partial charge in [-0.15, -0.1) is 0 Å². The highest BCUT2D eigenvalue weighted by molar-refractivity contribution is 6.45. The number of carbonyl (C=O) groups excluding carboxylic acids is 2. The number of benzene rings is 2. The molecular weight excluding hydrogens is 372 g/mol. The van der Waals surface area contributed by atoms with Crippen molar-refractivity contribution in [3.05, 3.63) is 70.4 Å². The summed E-state index contributed by atoms with van der Waals surface area (Å²) in [5, 5.41) is 0. The SMILES string of the molecule is CCc1ccc(N2C(=O)C(c3ccc(C)c(C)c3)=C(N3CCCC(C)C3)C2=O)cc1. The molecule has 2 aromatic rings. The average molecular weight is 403 g/mol. The van der Waals surface area contributed by atoms with Gasteiger partial charge in [-0.25, -0.2) is 4.90 Å². The van der Waals surface area contributed by atoms with E-state index in [9.17, 15) is 9.59 Å². The average Bonchev–Trinajstić information content (AvgIpc) is 3.00. The first-order valence-corrected chi connectivity index (χ1v) is 10.9. The summed E-state index contributed by atoms with van der Waals surface area (Å²) in [6.45, 7) is 10.0. The molecule has 1 saturated heterocycles. The molecule has 0 bridgehead atoms. The van der Waals surface area contributed by atoms with E-state index in [1.54, 1.807) is 0 Å². The van der Waals surface area contributed by atoms with Gasteiger partial charge in [0.05, 0.1) is 11.3 Å². The van der Waals surface area contributed by atoms with Crippen LogP contribution in [0.25, 0.3) is 5.57 Å². The van der Waals surface area contributed by atoms with Gasteiger partial charge >= 0.3 is 0 Å². The van der Waals surface area contributed by atoms with E-state index >= 15 is 0 Å². The number of piperidine rings is 1. The minimum Gasteiger partial charge on any atom is -0.366 e. The smallest absolute Gasteiger partial charge is 0.282 e. The molecule has 0 radical (unpaired) electrons. The number of hydrogen-bond donors (Lipinski definition) is 0. The molecule has 2 amide bonds. The second-order valence-corrected chi connectivity index (χ2v) is 8.68. The lowest BCUT2D eigenvalue weighted by molar-refractivity contribution is -0.120. The standard InChI is InChI=1S/C26H30N2O2/c1-5-20-9-12-22(13-10-20)28-25(29)23(21-11-8-18(3)19(4)15-21)24(26(28)30)27-14-6-7-17(2)16-27/h8-13,15,17H,5-7,14,16H2,1-4H3. The molecule has 0 spiro atoms. The van der Waals surface area contributed by atoms with Crippen molar-refractivity contribution < 1.29 is 9.59 Å². The Morgan fingerprint density at radius 2 is 1.70 bits per heavy atom. The molecule has 4 rings (SSSR count). The highest BCUT2D eigenvalue weighted by Crippen LogP contribution is 2.37. The fraction of sp³-hybridized carbons (Fsp3) is 0.385. The zero-order chi connectivity index (χ0) is 21.4. The van der Waals surface area contributed by atoms with Crippen molar-refractivity contribution in [2.75, 3.05) is 18.0 Å². The van der Waals surface area contributed by atoms with Gasteiger partial charge in [0.1, 0.15) is 5.70 Å². The lowest BCUT2D eigenvalue weighted by atomic mass is 9.96. The fourth-order valence-corrected chi connectivity index (χ4v) is 4.48. The molecule has 0 N–H and O–H groups in total. The van der Waals surface area contributed by atoms with Crippen molar-refractivity contribution in [3.8, 4) is 0 Å². The Balaban J connectivity index is 1.82. The quantitative estimate of drug-likeness (QED) is 0.684. The Hall–Kier alpha value is -2.88. The van der Waals surface area contributed by atoms with E-state index in [4.69, 9.17) is 0 Å². The molecule has 30 heavy (non-hydrogen) atoms. The van der Waals surface area contributed by atoms with Gasteiger partial charge in [0.15, 0.2) is 0 Å². The second-order valence-electron chi connectivity index (χ2n) is 8.68. The molecular formula is C26H30N2O2. The fourth-order valence-electron chi connectivity index (χ4n) is 4.48. The van der Waals surface area contributed by atoms with E-state index < -0.39 is 0 Å². The number of amides is 2. The highest BCUT2D eigenvalue weighted by atomic mass is 16.2. The van der Waals surface area contributed by atoms with Crippen LogP contribution in [0, 0.1) is 19.8 Å². The number of hydrogen-bond acceptors (Lipinski definition) is 3. The van der Waals surface area contributed by atoms with Crippen LogP contribution in [0.3, 0.4) is 0 Å². The molecule has 1 fully saturated rings. The summed E-state index contributed by atoms with van der Waals surface area (Å²) in [5.41, 5.74) is 6.06. The van der Waals surface area contributed by atoms with Crippen LogP contribution in [0.1, 0.15) is 48.9 Å². The molecule has 4 nitrogen and oxygen atoms in total. The predicted octanol–water partition coefficient (Wildman–Crippen LogP) is 4.88. The molecule has 2 aliphatic heterocycles. The Kier molecular flexibility index (Phi) is 5.50. The van der Waals surface area contributed by atoms with Gasteiger partial charge in [0.2, 0.25) is 0 Å². The Morgan fingerprint density at radius 1 is 0.967 bits per heavy atom. The summed E-state index contributed by atoms with van der Waals surface area (Å²) in [7, 11) is 0. The van der Waals surface area contributed by atoms with Crippen molar-refractivity contribution in [3.63, 3.8) is 0 Å². The molecule has 0 aromatic heterocycles. The van der Waals surface area contributed by atoms with Gasteiger partial charge in [0.25, 0.3) is 11.8 Å². The van der Waals surface area contributed by atoms with Crippen LogP contribution >= 0.6 is 0 Å². The largest absolute Gasteiger partial charge is 0.366 e. The summed E-state index contributed by atoms with van der Waals surface area (Å²) in [5.74, 6) is 0.0837. The van der Waals surface area contributed by atoms with Crippen LogP contribution in [0.2, 0.25) is 0 Å². The first kappa shape index (κ1) is 20.4. The maximum Gasteiger partial charge on any atom is 0.282 e. The normalized spacial score (nSPS) is 19.8. The van der Waals surface area contributed by atoms with Crippen LogP contribution < -0.4 is 4.90 Å². The van der Waals surface area contributed by atoms with Gasteiger partial charge < -0.3 is 4.90 Å². The number of anilines is 1. The maximum absolute atomic E-state index is 13.6. The van der Waals surface area contributed by atoms with Crippen molar-refractivity contribution >= 4 is 23.1 Å². The molecule has 4 heteroatoms. The van der Waals surface area contributed by atoms with Crippen LogP contribution in [0.15, 0.2) is 48.2 Å². The first-order chi connectivity index (χ1) is 14.4. The van der Waals surface area contributed by atoms with Crippen LogP contribution in [-0.4, -0.2) is 29.8 Å². The molecule has 0 aliphatic carbocycles. The van der Waals surface area contributed by atoms with Crippen LogP contribution in [0.5, 0.6) is 0 Å². The molecule has 0 saturated carbocycles. The van der Waals surface area contributed by atoms with Gasteiger partial charge in [-0.05, 0) is 73.4 Å². The van der Waals surface area contributed by atoms with E-state index in [2.05, 4.69) is 25.7 Å². The third-order valence-corrected chi connectivity index (χ3v) is 6.43. The van der Waals surface area contributed by atoms with Crippen LogP contribution in [0.4, 0.5) is 5.69 Å². The number of likely N-dealkylation sites (tertiary alicyclic amines) is 1. The van der Waals surface area contributed by atoms with Crippen LogP contribution in [-0.2, 0) is 16.0 Å². The lowest BCUT2D eigenvalue weighted by Crippen LogP contribution is -2.39. The van der Waals surface area contributed by atoms with E-state index in [0.29, 0.717) is 22.9 Å². The topological polar surface area (TPSA) is 40.6 Å². The zero-order valence-corrected chi connectivity index (χ0v) is 18.4. The summed E-state index contributed by atoms with van der Waals surface area (Å²) in [6, 6.07) is 13.8. The minimum atomic E-state index is -0.222. The Morgan fingerprint density at radius 3 is 2.33 bits per heavy atom. The molecule has 2 aromatic carbocycles. The number of rotatable bonds is 4. The third kappa shape index (κ3) is 3.55. The summed E-state index contributed by atoms with van der Waals surface area (Å²) in [6.07, 6.45) is 3.12. The second kappa shape index (κ2) is 8.10. The summed E-state index contributed by atoms with van der Waals surface area (Å²) < 4.78 is 0. The third-order valence-electron chi connectivity index (χ3n) is 6.43. The Bertz CT molecular complexity index is 1020. The zero-order valence-electron chi connectivity index (χ0n) is 18.4. The van der Waals surface area contributed by atoms with Crippen molar-refractivity contribution in [2.24, 2.45) is 5.92 Å². The van der Waals surface area contributed by atoms with E-state index in [0.717, 1.165) is 43.5 Å². The number of nitrogens with zero attached hydrogens (tertiary/aromatic N) is 2. The number of imide groups is 1. The molecule has 2 heterocycles. The monoisotopic (exact) mass is 402 g/mol. The first-order valence-electron chi connectivity index (χ1n) is 10.9. The molecule has 156 valence electrons. The van der Waals surface area contributed by atoms with Gasteiger partial charge in [-0.2, -0.15) is 0 Å².